The number of benzene rings is 1. The highest BCUT2D eigenvalue weighted by atomic mass is 35.5. The summed E-state index contributed by atoms with van der Waals surface area (Å²) in [5.74, 6) is 0.628. The summed E-state index contributed by atoms with van der Waals surface area (Å²) in [7, 11) is 0. The van der Waals surface area contributed by atoms with Gasteiger partial charge >= 0.3 is 0 Å². The van der Waals surface area contributed by atoms with Gasteiger partial charge < -0.3 is 5.32 Å². The number of halogens is 1. The smallest absolute Gasteiger partial charge is 0.0234 e. The molecule has 1 saturated heterocycles. The van der Waals surface area contributed by atoms with E-state index in [1.165, 1.54) is 11.1 Å². The van der Waals surface area contributed by atoms with E-state index in [0.717, 1.165) is 26.2 Å². The molecule has 2 nitrogen and oxygen atoms in total. The van der Waals surface area contributed by atoms with E-state index in [4.69, 9.17) is 0 Å². The Morgan fingerprint density at radius 3 is 2.50 bits per heavy atom. The number of rotatable bonds is 3. The van der Waals surface area contributed by atoms with Crippen LogP contribution < -0.4 is 5.32 Å². The minimum Gasteiger partial charge on any atom is -0.312 e. The molecule has 2 rings (SSSR count). The van der Waals surface area contributed by atoms with Gasteiger partial charge in [-0.3, -0.25) is 4.90 Å². The fourth-order valence-corrected chi connectivity index (χ4v) is 2.42. The monoisotopic (exact) mass is 268 g/mol. The van der Waals surface area contributed by atoms with E-state index in [1.807, 2.05) is 0 Å². The largest absolute Gasteiger partial charge is 0.312 e. The number of nitrogens with zero attached hydrogens (tertiary/aromatic N) is 1. The molecule has 1 aliphatic rings. The third-order valence-electron chi connectivity index (χ3n) is 3.51. The predicted molar refractivity (Wildman–Crippen MR) is 80.5 cm³/mol. The van der Waals surface area contributed by atoms with Gasteiger partial charge in [0.25, 0.3) is 0 Å². The van der Waals surface area contributed by atoms with Crippen LogP contribution in [0.4, 0.5) is 0 Å². The van der Waals surface area contributed by atoms with Crippen LogP contribution in [0, 0.1) is 0 Å². The molecule has 1 aliphatic heterocycles. The summed E-state index contributed by atoms with van der Waals surface area (Å²) < 4.78 is 0. The molecule has 0 aliphatic carbocycles. The van der Waals surface area contributed by atoms with Gasteiger partial charge in [-0.15, -0.1) is 12.4 Å². The first kappa shape index (κ1) is 15.5. The van der Waals surface area contributed by atoms with Gasteiger partial charge in [0.15, 0.2) is 0 Å². The Bertz CT molecular complexity index is 348. The molecular formula is C15H25ClN2. The zero-order chi connectivity index (χ0) is 12.3. The SMILES string of the molecule is CC(C)c1ccc(CN2CCN[C@H](C)C2)cc1.Cl. The summed E-state index contributed by atoms with van der Waals surface area (Å²) in [6, 6.07) is 9.72. The minimum absolute atomic E-state index is 0. The minimum atomic E-state index is 0. The van der Waals surface area contributed by atoms with E-state index < -0.39 is 0 Å². The molecule has 0 saturated carbocycles. The summed E-state index contributed by atoms with van der Waals surface area (Å²) in [5.41, 5.74) is 2.87. The summed E-state index contributed by atoms with van der Waals surface area (Å²) in [6.45, 7) is 11.3. The lowest BCUT2D eigenvalue weighted by Gasteiger charge is -2.31. The van der Waals surface area contributed by atoms with Crippen LogP contribution in [0.15, 0.2) is 24.3 Å². The molecule has 1 aromatic carbocycles. The second-order valence-corrected chi connectivity index (χ2v) is 5.49. The van der Waals surface area contributed by atoms with E-state index in [1.54, 1.807) is 0 Å². The van der Waals surface area contributed by atoms with Crippen molar-refractivity contribution < 1.29 is 0 Å². The van der Waals surface area contributed by atoms with Crippen LogP contribution in [0.25, 0.3) is 0 Å². The zero-order valence-electron chi connectivity index (χ0n) is 11.6. The standard InChI is InChI=1S/C15H24N2.ClH/c1-12(2)15-6-4-14(5-7-15)11-17-9-8-16-13(3)10-17;/h4-7,12-13,16H,8-11H2,1-3H3;1H/t13-;/m1./s1. The molecular weight excluding hydrogens is 244 g/mol. The molecule has 0 unspecified atom stereocenters. The second-order valence-electron chi connectivity index (χ2n) is 5.49. The first-order valence-electron chi connectivity index (χ1n) is 6.69. The van der Waals surface area contributed by atoms with Crippen molar-refractivity contribution in [3.63, 3.8) is 0 Å². The lowest BCUT2D eigenvalue weighted by Crippen LogP contribution is -2.48. The quantitative estimate of drug-likeness (QED) is 0.907. The zero-order valence-corrected chi connectivity index (χ0v) is 12.5. The molecule has 0 bridgehead atoms. The lowest BCUT2D eigenvalue weighted by atomic mass is 10.0. The molecule has 0 spiro atoms. The van der Waals surface area contributed by atoms with Gasteiger partial charge in [-0.05, 0) is 24.0 Å². The summed E-state index contributed by atoms with van der Waals surface area (Å²) >= 11 is 0. The second kappa shape index (κ2) is 7.13. The Kier molecular flexibility index (Phi) is 6.13. The highest BCUT2D eigenvalue weighted by Crippen LogP contribution is 2.16. The number of hydrogen-bond acceptors (Lipinski definition) is 2. The maximum Gasteiger partial charge on any atom is 0.0234 e. The molecule has 1 heterocycles. The van der Waals surface area contributed by atoms with Gasteiger partial charge in [0, 0.05) is 32.2 Å². The number of piperazine rings is 1. The van der Waals surface area contributed by atoms with E-state index in [9.17, 15) is 0 Å². The van der Waals surface area contributed by atoms with Crippen molar-refractivity contribution in [1.82, 2.24) is 10.2 Å². The van der Waals surface area contributed by atoms with Crippen molar-refractivity contribution >= 4 is 12.4 Å². The van der Waals surface area contributed by atoms with Gasteiger partial charge in [-0.25, -0.2) is 0 Å². The summed E-state index contributed by atoms with van der Waals surface area (Å²) in [6.07, 6.45) is 0. The van der Waals surface area contributed by atoms with Crippen LogP contribution in [-0.4, -0.2) is 30.6 Å². The Balaban J connectivity index is 0.00000162. The molecule has 3 heteroatoms. The van der Waals surface area contributed by atoms with Crippen molar-refractivity contribution in [2.75, 3.05) is 19.6 Å². The van der Waals surface area contributed by atoms with E-state index in [-0.39, 0.29) is 12.4 Å². The molecule has 0 aromatic heterocycles. The average molecular weight is 269 g/mol. The average Bonchev–Trinajstić information content (AvgIpc) is 2.29. The topological polar surface area (TPSA) is 15.3 Å². The van der Waals surface area contributed by atoms with Crippen LogP contribution in [-0.2, 0) is 6.54 Å². The maximum atomic E-state index is 3.48. The Morgan fingerprint density at radius 2 is 1.94 bits per heavy atom. The van der Waals surface area contributed by atoms with Crippen molar-refractivity contribution in [3.05, 3.63) is 35.4 Å². The van der Waals surface area contributed by atoms with Gasteiger partial charge in [0.05, 0.1) is 0 Å². The molecule has 1 fully saturated rings. The van der Waals surface area contributed by atoms with Crippen molar-refractivity contribution in [3.8, 4) is 0 Å². The molecule has 0 radical (unpaired) electrons. The molecule has 18 heavy (non-hydrogen) atoms. The lowest BCUT2D eigenvalue weighted by molar-refractivity contribution is 0.199. The van der Waals surface area contributed by atoms with Crippen LogP contribution in [0.5, 0.6) is 0 Å². The van der Waals surface area contributed by atoms with Crippen LogP contribution in [0.1, 0.15) is 37.8 Å². The Morgan fingerprint density at radius 1 is 1.28 bits per heavy atom. The van der Waals surface area contributed by atoms with Gasteiger partial charge in [-0.1, -0.05) is 38.1 Å². The maximum absolute atomic E-state index is 3.48. The normalized spacial score (nSPS) is 20.8. The highest BCUT2D eigenvalue weighted by Gasteiger charge is 2.15. The summed E-state index contributed by atoms with van der Waals surface area (Å²) in [5, 5.41) is 3.48. The Labute approximate surface area is 117 Å². The summed E-state index contributed by atoms with van der Waals surface area (Å²) in [4.78, 5) is 2.53. The highest BCUT2D eigenvalue weighted by molar-refractivity contribution is 5.85. The fraction of sp³-hybridized carbons (Fsp3) is 0.600. The third kappa shape index (κ3) is 4.27. The van der Waals surface area contributed by atoms with Crippen LogP contribution >= 0.6 is 12.4 Å². The molecule has 1 aromatic rings. The predicted octanol–water partition coefficient (Wildman–Crippen LogP) is 3.03. The van der Waals surface area contributed by atoms with E-state index in [0.29, 0.717) is 12.0 Å². The Hall–Kier alpha value is -0.570. The van der Waals surface area contributed by atoms with Crippen molar-refractivity contribution in [1.29, 1.82) is 0 Å². The van der Waals surface area contributed by atoms with Crippen molar-refractivity contribution in [2.45, 2.75) is 39.3 Å². The number of nitrogens with one attached hydrogen (secondary N) is 1. The molecule has 1 N–H and O–H groups in total. The van der Waals surface area contributed by atoms with E-state index >= 15 is 0 Å². The molecule has 1 atom stereocenters. The third-order valence-corrected chi connectivity index (χ3v) is 3.51. The number of hydrogen-bond donors (Lipinski definition) is 1. The van der Waals surface area contributed by atoms with E-state index in [2.05, 4.69) is 55.3 Å². The first-order chi connectivity index (χ1) is 8.15. The van der Waals surface area contributed by atoms with Gasteiger partial charge in [-0.2, -0.15) is 0 Å². The first-order valence-corrected chi connectivity index (χ1v) is 6.69. The fourth-order valence-electron chi connectivity index (χ4n) is 2.42. The van der Waals surface area contributed by atoms with Crippen LogP contribution in [0.2, 0.25) is 0 Å². The van der Waals surface area contributed by atoms with Crippen LogP contribution in [0.3, 0.4) is 0 Å². The molecule has 102 valence electrons. The molecule has 0 amide bonds. The van der Waals surface area contributed by atoms with Crippen molar-refractivity contribution in [2.24, 2.45) is 0 Å². The van der Waals surface area contributed by atoms with Gasteiger partial charge in [0.1, 0.15) is 0 Å². The van der Waals surface area contributed by atoms with Gasteiger partial charge in [0.2, 0.25) is 0 Å².